The van der Waals surface area contributed by atoms with Crippen molar-refractivity contribution in [3.8, 4) is 11.5 Å². The van der Waals surface area contributed by atoms with Crippen molar-refractivity contribution in [1.82, 2.24) is 5.43 Å². The Labute approximate surface area is 212 Å². The molecule has 3 aromatic carbocycles. The molecule has 3 rings (SSSR count). The van der Waals surface area contributed by atoms with Crippen molar-refractivity contribution in [1.29, 1.82) is 0 Å². The van der Waals surface area contributed by atoms with Gasteiger partial charge in [-0.05, 0) is 55.5 Å². The summed E-state index contributed by atoms with van der Waals surface area (Å²) < 4.78 is 77.7. The second kappa shape index (κ2) is 11.3. The van der Waals surface area contributed by atoms with E-state index in [-0.39, 0.29) is 10.6 Å². The number of ether oxygens (including phenoxy) is 2. The molecule has 0 heterocycles. The van der Waals surface area contributed by atoms with E-state index in [1.807, 2.05) is 0 Å². The first kappa shape index (κ1) is 27.5. The van der Waals surface area contributed by atoms with Gasteiger partial charge in [-0.15, -0.1) is 0 Å². The first-order valence-electron chi connectivity index (χ1n) is 10.8. The number of alkyl halides is 3. The average molecular weight is 536 g/mol. The van der Waals surface area contributed by atoms with Crippen molar-refractivity contribution in [2.45, 2.75) is 18.0 Å². The molecule has 0 aliphatic carbocycles. The van der Waals surface area contributed by atoms with Crippen LogP contribution in [-0.4, -0.2) is 41.3 Å². The van der Waals surface area contributed by atoms with E-state index in [4.69, 9.17) is 9.47 Å². The molecule has 0 radical (unpaired) electrons. The van der Waals surface area contributed by atoms with Gasteiger partial charge >= 0.3 is 6.18 Å². The van der Waals surface area contributed by atoms with Gasteiger partial charge < -0.3 is 9.47 Å². The number of carbonyl (C=O) groups excluding carboxylic acids is 1. The number of hydrazone groups is 1. The van der Waals surface area contributed by atoms with Gasteiger partial charge in [0.05, 0.1) is 36.6 Å². The topological polar surface area (TPSA) is 97.3 Å². The minimum Gasteiger partial charge on any atom is -0.497 e. The van der Waals surface area contributed by atoms with E-state index in [0.717, 1.165) is 17.7 Å². The van der Waals surface area contributed by atoms with E-state index in [2.05, 4.69) is 10.5 Å². The Morgan fingerprint density at radius 2 is 1.73 bits per heavy atom. The number of amides is 1. The number of sulfonamides is 1. The maximum atomic E-state index is 13.4. The molecule has 0 spiro atoms. The third-order valence-corrected chi connectivity index (χ3v) is 6.98. The van der Waals surface area contributed by atoms with Gasteiger partial charge in [0.15, 0.2) is 0 Å². The van der Waals surface area contributed by atoms with E-state index in [1.165, 1.54) is 38.6 Å². The van der Waals surface area contributed by atoms with Crippen molar-refractivity contribution in [3.05, 3.63) is 83.4 Å². The highest BCUT2D eigenvalue weighted by atomic mass is 32.2. The molecule has 0 atom stereocenters. The Balaban J connectivity index is 1.92. The van der Waals surface area contributed by atoms with Gasteiger partial charge in [0.1, 0.15) is 18.0 Å². The summed E-state index contributed by atoms with van der Waals surface area (Å²) in [5.41, 5.74) is 2.06. The normalized spacial score (nSPS) is 11.8. The van der Waals surface area contributed by atoms with Crippen molar-refractivity contribution in [3.63, 3.8) is 0 Å². The summed E-state index contributed by atoms with van der Waals surface area (Å²) in [7, 11) is -1.49. The van der Waals surface area contributed by atoms with Crippen LogP contribution in [0.2, 0.25) is 0 Å². The summed E-state index contributed by atoms with van der Waals surface area (Å²) in [4.78, 5) is 12.5. The lowest BCUT2D eigenvalue weighted by Crippen LogP contribution is -2.39. The molecule has 3 aromatic rings. The van der Waals surface area contributed by atoms with Crippen LogP contribution in [0.15, 0.2) is 76.7 Å². The van der Waals surface area contributed by atoms with Crippen molar-refractivity contribution in [2.75, 3.05) is 25.1 Å². The van der Waals surface area contributed by atoms with Crippen LogP contribution in [0.4, 0.5) is 18.9 Å². The average Bonchev–Trinajstić information content (AvgIpc) is 2.87. The fraction of sp³-hybridized carbons (Fsp3) is 0.200. The van der Waals surface area contributed by atoms with Crippen LogP contribution in [0.1, 0.15) is 16.7 Å². The molecule has 0 saturated carbocycles. The fourth-order valence-corrected chi connectivity index (χ4v) is 4.68. The van der Waals surface area contributed by atoms with Crippen LogP contribution in [0, 0.1) is 6.92 Å². The number of benzene rings is 3. The molecule has 0 bridgehead atoms. The predicted octanol–water partition coefficient (Wildman–Crippen LogP) is 4.38. The quantitative estimate of drug-likeness (QED) is 0.324. The molecule has 0 aliphatic rings. The number of anilines is 1. The van der Waals surface area contributed by atoms with Crippen molar-refractivity contribution >= 4 is 27.8 Å². The van der Waals surface area contributed by atoms with Gasteiger partial charge in [-0.25, -0.2) is 13.8 Å². The van der Waals surface area contributed by atoms with Gasteiger partial charge in [-0.3, -0.25) is 9.10 Å². The molecule has 0 saturated heterocycles. The Morgan fingerprint density at radius 1 is 1.03 bits per heavy atom. The molecule has 0 aliphatic heterocycles. The zero-order valence-electron chi connectivity index (χ0n) is 20.1. The number of rotatable bonds is 9. The summed E-state index contributed by atoms with van der Waals surface area (Å²) in [5, 5.41) is 3.83. The number of halogens is 3. The fourth-order valence-electron chi connectivity index (χ4n) is 3.27. The highest BCUT2D eigenvalue weighted by Gasteiger charge is 2.33. The van der Waals surface area contributed by atoms with E-state index < -0.39 is 34.2 Å². The van der Waals surface area contributed by atoms with Crippen LogP contribution >= 0.6 is 0 Å². The lowest BCUT2D eigenvalue weighted by Gasteiger charge is -2.24. The number of carbonyl (C=O) groups is 1. The Kier molecular flexibility index (Phi) is 8.43. The molecule has 0 fully saturated rings. The van der Waals surface area contributed by atoms with Gasteiger partial charge in [-0.2, -0.15) is 18.3 Å². The highest BCUT2D eigenvalue weighted by Crippen LogP contribution is 2.33. The van der Waals surface area contributed by atoms with E-state index in [1.54, 1.807) is 37.3 Å². The molecule has 8 nitrogen and oxygen atoms in total. The number of methoxy groups -OCH3 is 2. The smallest absolute Gasteiger partial charge is 0.416 e. The standard InChI is InChI=1S/C25H24F3N3O5S/c1-17-7-10-22(11-8-17)37(33,34)31(20-6-4-5-19(14-20)25(26,27)28)16-24(32)30-29-15-18-13-21(35-2)9-12-23(18)36-3/h4-15H,16H2,1-3H3,(H,30,32)/b29-15-. The molecular weight excluding hydrogens is 511 g/mol. The minimum atomic E-state index is -4.71. The maximum Gasteiger partial charge on any atom is 0.416 e. The molecule has 37 heavy (non-hydrogen) atoms. The maximum absolute atomic E-state index is 13.4. The summed E-state index contributed by atoms with van der Waals surface area (Å²) in [6, 6.07) is 14.3. The van der Waals surface area contributed by atoms with Crippen LogP contribution in [-0.2, 0) is 21.0 Å². The molecule has 1 N–H and O–H groups in total. The summed E-state index contributed by atoms with van der Waals surface area (Å²) >= 11 is 0. The summed E-state index contributed by atoms with van der Waals surface area (Å²) in [6.45, 7) is 0.924. The van der Waals surface area contributed by atoms with Gasteiger partial charge in [0, 0.05) is 5.56 Å². The number of nitrogens with zero attached hydrogens (tertiary/aromatic N) is 2. The Morgan fingerprint density at radius 3 is 2.35 bits per heavy atom. The zero-order valence-corrected chi connectivity index (χ0v) is 20.9. The summed E-state index contributed by atoms with van der Waals surface area (Å²) in [5.74, 6) is 0.0611. The van der Waals surface area contributed by atoms with Gasteiger partial charge in [0.2, 0.25) is 0 Å². The van der Waals surface area contributed by atoms with E-state index in [0.29, 0.717) is 27.4 Å². The molecule has 1 amide bonds. The predicted molar refractivity (Wildman–Crippen MR) is 132 cm³/mol. The van der Waals surface area contributed by atoms with Crippen LogP contribution in [0.25, 0.3) is 0 Å². The highest BCUT2D eigenvalue weighted by molar-refractivity contribution is 7.92. The monoisotopic (exact) mass is 535 g/mol. The number of nitrogens with one attached hydrogen (secondary N) is 1. The van der Waals surface area contributed by atoms with E-state index >= 15 is 0 Å². The molecular formula is C25H24F3N3O5S. The minimum absolute atomic E-state index is 0.187. The molecule has 12 heteroatoms. The number of hydrogen-bond acceptors (Lipinski definition) is 6. The number of hydrogen-bond donors (Lipinski definition) is 1. The van der Waals surface area contributed by atoms with Crippen molar-refractivity contribution < 1.29 is 35.9 Å². The summed E-state index contributed by atoms with van der Waals surface area (Å²) in [6.07, 6.45) is -3.44. The third-order valence-electron chi connectivity index (χ3n) is 5.19. The Hall–Kier alpha value is -4.06. The lowest BCUT2D eigenvalue weighted by molar-refractivity contribution is -0.137. The van der Waals surface area contributed by atoms with Crippen LogP contribution < -0.4 is 19.2 Å². The largest absolute Gasteiger partial charge is 0.497 e. The zero-order chi connectivity index (χ0) is 27.2. The second-order valence-corrected chi connectivity index (χ2v) is 9.64. The van der Waals surface area contributed by atoms with Crippen LogP contribution in [0.5, 0.6) is 11.5 Å². The van der Waals surface area contributed by atoms with Gasteiger partial charge in [-0.1, -0.05) is 23.8 Å². The lowest BCUT2D eigenvalue weighted by atomic mass is 10.2. The van der Waals surface area contributed by atoms with Crippen molar-refractivity contribution in [2.24, 2.45) is 5.10 Å². The Bertz CT molecular complexity index is 1390. The second-order valence-electron chi connectivity index (χ2n) is 7.77. The molecule has 0 aromatic heterocycles. The first-order valence-corrected chi connectivity index (χ1v) is 12.2. The van der Waals surface area contributed by atoms with Gasteiger partial charge in [0.25, 0.3) is 15.9 Å². The molecule has 196 valence electrons. The van der Waals surface area contributed by atoms with Crippen LogP contribution in [0.3, 0.4) is 0 Å². The SMILES string of the molecule is COc1ccc(OC)c(/C=N\NC(=O)CN(c2cccc(C(F)(F)F)c2)S(=O)(=O)c2ccc(C)cc2)c1. The number of aryl methyl sites for hydroxylation is 1. The van der Waals surface area contributed by atoms with E-state index in [9.17, 15) is 26.4 Å². The molecule has 0 unspecified atom stereocenters. The first-order chi connectivity index (χ1) is 17.5. The third kappa shape index (κ3) is 6.79.